The molecule has 2 rings (SSSR count). The first-order chi connectivity index (χ1) is 10.1. The molecule has 0 aliphatic carbocycles. The number of nitrogens with zero attached hydrogens (tertiary/aromatic N) is 1. The van der Waals surface area contributed by atoms with Crippen molar-refractivity contribution in [3.8, 4) is 0 Å². The third kappa shape index (κ3) is 3.63. The smallest absolute Gasteiger partial charge is 0.307 e. The fraction of sp³-hybridized carbons (Fsp3) is 0.278. The summed E-state index contributed by atoms with van der Waals surface area (Å²) in [6, 6.07) is 17.6. The van der Waals surface area contributed by atoms with Gasteiger partial charge in [0.1, 0.15) is 0 Å². The van der Waals surface area contributed by atoms with Gasteiger partial charge in [-0.3, -0.25) is 4.90 Å². The van der Waals surface area contributed by atoms with Gasteiger partial charge in [0.25, 0.3) is 0 Å². The van der Waals surface area contributed by atoms with Crippen molar-refractivity contribution in [2.75, 3.05) is 16.8 Å². The Labute approximate surface area is 126 Å². The number of carbonyl (C=O) groups is 1. The molecule has 21 heavy (non-hydrogen) atoms. The van der Waals surface area contributed by atoms with E-state index in [1.54, 1.807) is 4.90 Å². The molecular weight excluding hydrogens is 260 g/mol. The number of hydrogen-bond donors (Lipinski definition) is 1. The standard InChI is InChI=1S/C18H22N2O/c1-4-20(15-10-6-5-7-11-15)18(21)19-17-13-9-8-12-16(17)14(2)3/h5-14H,4H2,1-3H3,(H,19,21). The quantitative estimate of drug-likeness (QED) is 0.852. The van der Waals surface area contributed by atoms with Crippen molar-refractivity contribution >= 4 is 17.4 Å². The van der Waals surface area contributed by atoms with Crippen LogP contribution in [0, 0.1) is 0 Å². The zero-order valence-corrected chi connectivity index (χ0v) is 12.8. The number of urea groups is 1. The van der Waals surface area contributed by atoms with Crippen molar-refractivity contribution in [1.29, 1.82) is 0 Å². The van der Waals surface area contributed by atoms with Crippen molar-refractivity contribution in [3.05, 3.63) is 60.2 Å². The zero-order chi connectivity index (χ0) is 15.2. The molecule has 0 spiro atoms. The molecule has 0 unspecified atom stereocenters. The number of para-hydroxylation sites is 2. The SMILES string of the molecule is CCN(C(=O)Nc1ccccc1C(C)C)c1ccccc1. The van der Waals surface area contributed by atoms with Crippen LogP contribution in [-0.4, -0.2) is 12.6 Å². The van der Waals surface area contributed by atoms with Crippen molar-refractivity contribution in [2.45, 2.75) is 26.7 Å². The maximum Gasteiger partial charge on any atom is 0.326 e. The van der Waals surface area contributed by atoms with Gasteiger partial charge >= 0.3 is 6.03 Å². The summed E-state index contributed by atoms with van der Waals surface area (Å²) in [5, 5.41) is 3.03. The largest absolute Gasteiger partial charge is 0.326 e. The fourth-order valence-corrected chi connectivity index (χ4v) is 2.35. The van der Waals surface area contributed by atoms with E-state index in [9.17, 15) is 4.79 Å². The second kappa shape index (κ2) is 6.93. The van der Waals surface area contributed by atoms with Crippen LogP contribution in [0.1, 0.15) is 32.3 Å². The third-order valence-corrected chi connectivity index (χ3v) is 3.45. The van der Waals surface area contributed by atoms with E-state index >= 15 is 0 Å². The van der Waals surface area contributed by atoms with Gasteiger partial charge in [-0.25, -0.2) is 4.79 Å². The van der Waals surface area contributed by atoms with E-state index in [2.05, 4.69) is 25.2 Å². The van der Waals surface area contributed by atoms with E-state index in [1.165, 1.54) is 0 Å². The third-order valence-electron chi connectivity index (χ3n) is 3.45. The Kier molecular flexibility index (Phi) is 4.99. The monoisotopic (exact) mass is 282 g/mol. The minimum Gasteiger partial charge on any atom is -0.307 e. The van der Waals surface area contributed by atoms with Crippen LogP contribution in [0.2, 0.25) is 0 Å². The van der Waals surface area contributed by atoms with Gasteiger partial charge in [0.15, 0.2) is 0 Å². The molecule has 0 saturated carbocycles. The maximum atomic E-state index is 12.5. The molecule has 0 fully saturated rings. The summed E-state index contributed by atoms with van der Waals surface area (Å²) in [6.07, 6.45) is 0. The summed E-state index contributed by atoms with van der Waals surface area (Å²) in [5.41, 5.74) is 2.93. The maximum absolute atomic E-state index is 12.5. The van der Waals surface area contributed by atoms with E-state index in [0.29, 0.717) is 12.5 Å². The molecule has 2 aromatic rings. The first-order valence-electron chi connectivity index (χ1n) is 7.36. The number of benzene rings is 2. The summed E-state index contributed by atoms with van der Waals surface area (Å²) in [5.74, 6) is 0.369. The van der Waals surface area contributed by atoms with Crippen LogP contribution in [0.3, 0.4) is 0 Å². The van der Waals surface area contributed by atoms with Gasteiger partial charge < -0.3 is 5.32 Å². The fourth-order valence-electron chi connectivity index (χ4n) is 2.35. The second-order valence-corrected chi connectivity index (χ2v) is 5.25. The molecule has 0 aliphatic heterocycles. The van der Waals surface area contributed by atoms with Gasteiger partial charge in [-0.2, -0.15) is 0 Å². The number of amides is 2. The molecule has 2 amide bonds. The Hall–Kier alpha value is -2.29. The Bertz CT molecular complexity index is 593. The predicted molar refractivity (Wildman–Crippen MR) is 89.0 cm³/mol. The van der Waals surface area contributed by atoms with Crippen LogP contribution in [0.25, 0.3) is 0 Å². The summed E-state index contributed by atoms with van der Waals surface area (Å²) in [7, 11) is 0. The molecule has 0 heterocycles. The van der Waals surface area contributed by atoms with Gasteiger partial charge in [0.2, 0.25) is 0 Å². The summed E-state index contributed by atoms with van der Waals surface area (Å²) in [6.45, 7) is 6.85. The Balaban J connectivity index is 2.21. The minimum absolute atomic E-state index is 0.100. The molecule has 0 aliphatic rings. The van der Waals surface area contributed by atoms with E-state index in [4.69, 9.17) is 0 Å². The van der Waals surface area contributed by atoms with Crippen LogP contribution in [0.15, 0.2) is 54.6 Å². The normalized spacial score (nSPS) is 10.5. The Morgan fingerprint density at radius 1 is 1.05 bits per heavy atom. The van der Waals surface area contributed by atoms with Gasteiger partial charge in [-0.1, -0.05) is 50.2 Å². The van der Waals surface area contributed by atoms with Gasteiger partial charge in [-0.05, 0) is 36.6 Å². The van der Waals surface area contributed by atoms with E-state index < -0.39 is 0 Å². The highest BCUT2D eigenvalue weighted by Gasteiger charge is 2.15. The lowest BCUT2D eigenvalue weighted by Crippen LogP contribution is -2.35. The number of nitrogens with one attached hydrogen (secondary N) is 1. The number of rotatable bonds is 4. The lowest BCUT2D eigenvalue weighted by atomic mass is 10.0. The van der Waals surface area contributed by atoms with Crippen LogP contribution in [0.4, 0.5) is 16.2 Å². The van der Waals surface area contributed by atoms with Gasteiger partial charge in [-0.15, -0.1) is 0 Å². The molecule has 3 nitrogen and oxygen atoms in total. The average Bonchev–Trinajstić information content (AvgIpc) is 2.49. The van der Waals surface area contributed by atoms with Crippen molar-refractivity contribution in [3.63, 3.8) is 0 Å². The van der Waals surface area contributed by atoms with Crippen LogP contribution < -0.4 is 10.2 Å². The number of carbonyl (C=O) groups excluding carboxylic acids is 1. The molecule has 110 valence electrons. The second-order valence-electron chi connectivity index (χ2n) is 5.25. The molecule has 3 heteroatoms. The molecule has 0 saturated heterocycles. The van der Waals surface area contributed by atoms with Crippen LogP contribution >= 0.6 is 0 Å². The lowest BCUT2D eigenvalue weighted by molar-refractivity contribution is 0.257. The highest BCUT2D eigenvalue weighted by Crippen LogP contribution is 2.24. The van der Waals surface area contributed by atoms with Crippen molar-refractivity contribution < 1.29 is 4.79 Å². The molecule has 0 atom stereocenters. The average molecular weight is 282 g/mol. The number of anilines is 2. The van der Waals surface area contributed by atoms with Crippen LogP contribution in [-0.2, 0) is 0 Å². The highest BCUT2D eigenvalue weighted by molar-refractivity contribution is 6.02. The Morgan fingerprint density at radius 3 is 2.29 bits per heavy atom. The highest BCUT2D eigenvalue weighted by atomic mass is 16.2. The van der Waals surface area contributed by atoms with E-state index in [1.807, 2.05) is 55.5 Å². The molecular formula is C18H22N2O. The first-order valence-corrected chi connectivity index (χ1v) is 7.36. The van der Waals surface area contributed by atoms with E-state index in [0.717, 1.165) is 16.9 Å². The molecule has 0 radical (unpaired) electrons. The minimum atomic E-state index is -0.100. The van der Waals surface area contributed by atoms with E-state index in [-0.39, 0.29) is 6.03 Å². The van der Waals surface area contributed by atoms with Gasteiger partial charge in [0, 0.05) is 17.9 Å². The van der Waals surface area contributed by atoms with Crippen molar-refractivity contribution in [2.24, 2.45) is 0 Å². The topological polar surface area (TPSA) is 32.3 Å². The molecule has 0 aromatic heterocycles. The number of hydrogen-bond acceptors (Lipinski definition) is 1. The van der Waals surface area contributed by atoms with Crippen molar-refractivity contribution in [1.82, 2.24) is 0 Å². The summed E-state index contributed by atoms with van der Waals surface area (Å²) >= 11 is 0. The summed E-state index contributed by atoms with van der Waals surface area (Å²) < 4.78 is 0. The molecule has 1 N–H and O–H groups in total. The Morgan fingerprint density at radius 2 is 1.67 bits per heavy atom. The zero-order valence-electron chi connectivity index (χ0n) is 12.8. The van der Waals surface area contributed by atoms with Crippen LogP contribution in [0.5, 0.6) is 0 Å². The first kappa shape index (κ1) is 15.1. The lowest BCUT2D eigenvalue weighted by Gasteiger charge is -2.23. The summed E-state index contributed by atoms with van der Waals surface area (Å²) in [4.78, 5) is 14.3. The van der Waals surface area contributed by atoms with Gasteiger partial charge in [0.05, 0.1) is 0 Å². The predicted octanol–water partition coefficient (Wildman–Crippen LogP) is 4.87. The molecule has 0 bridgehead atoms. The molecule has 2 aromatic carbocycles.